The summed E-state index contributed by atoms with van der Waals surface area (Å²) in [6, 6.07) is 3.38. The van der Waals surface area contributed by atoms with Crippen LogP contribution < -0.4 is 5.32 Å². The van der Waals surface area contributed by atoms with Gasteiger partial charge in [0.25, 0.3) is 0 Å². The maximum absolute atomic E-state index is 13.1. The number of alkyl halides is 3. The molecule has 1 aromatic rings. The number of carbonyl (C=O) groups is 1. The largest absolute Gasteiger partial charge is 0.427 e. The summed E-state index contributed by atoms with van der Waals surface area (Å²) in [6.07, 6.45) is -4.93. The molecule has 1 fully saturated rings. The van der Waals surface area contributed by atoms with E-state index in [0.717, 1.165) is 24.3 Å². The summed E-state index contributed by atoms with van der Waals surface area (Å²) in [7, 11) is -2.48. The highest BCUT2D eigenvalue weighted by atomic mass is 32.2. The van der Waals surface area contributed by atoms with Crippen molar-refractivity contribution in [2.45, 2.75) is 11.0 Å². The first-order valence-corrected chi connectivity index (χ1v) is 6.11. The summed E-state index contributed by atoms with van der Waals surface area (Å²) in [6.45, 7) is 0. The van der Waals surface area contributed by atoms with Gasteiger partial charge in [-0.15, -0.1) is 0 Å². The average molecular weight is 281 g/mol. The topological polar surface area (TPSA) is 46.2 Å². The summed E-state index contributed by atoms with van der Waals surface area (Å²) >= 11 is 0. The van der Waals surface area contributed by atoms with Crippen molar-refractivity contribution in [3.63, 3.8) is 0 Å². The third-order valence-corrected chi connectivity index (χ3v) is 4.35. The molecule has 1 saturated heterocycles. The van der Waals surface area contributed by atoms with Gasteiger partial charge in [-0.2, -0.15) is 13.2 Å². The molecule has 2 atom stereocenters. The predicted molar refractivity (Wildman–Crippen MR) is 55.3 cm³/mol. The summed E-state index contributed by atoms with van der Waals surface area (Å²) in [5.41, 5.74) is -0.444. The fourth-order valence-electron chi connectivity index (χ4n) is 1.77. The van der Waals surface area contributed by atoms with E-state index >= 15 is 0 Å². The van der Waals surface area contributed by atoms with Crippen LogP contribution >= 0.6 is 0 Å². The number of rotatable bonds is 1. The summed E-state index contributed by atoms with van der Waals surface area (Å²) in [4.78, 5) is 8.13. The maximum atomic E-state index is 13.1. The predicted octanol–water partition coefficient (Wildman–Crippen LogP) is 1.42. The van der Waals surface area contributed by atoms with Crippen molar-refractivity contribution in [1.82, 2.24) is 5.32 Å². The Morgan fingerprint density at radius 2 is 1.78 bits per heavy atom. The normalized spacial score (nSPS) is 28.2. The van der Waals surface area contributed by atoms with Crippen LogP contribution in [0.2, 0.25) is 0 Å². The number of carbonyl (C=O) groups excluding carboxylic acids is 1. The average Bonchev–Trinajstić information content (AvgIpc) is 2.55. The number of halogens is 4. The van der Waals surface area contributed by atoms with Crippen LogP contribution in [0.3, 0.4) is 0 Å². The Bertz CT molecular complexity index is 514. The molecule has 2 unspecified atom stereocenters. The van der Waals surface area contributed by atoms with Crippen LogP contribution in [0, 0.1) is 5.82 Å². The number of amides is 1. The lowest BCUT2D eigenvalue weighted by molar-refractivity contribution is -0.172. The van der Waals surface area contributed by atoms with Crippen molar-refractivity contribution >= 4 is 16.7 Å². The Kier molecular flexibility index (Phi) is 2.92. The first-order chi connectivity index (χ1) is 8.27. The van der Waals surface area contributed by atoms with E-state index in [4.69, 9.17) is 0 Å². The van der Waals surface area contributed by atoms with Gasteiger partial charge in [-0.1, -0.05) is 12.1 Å². The molecule has 1 aromatic carbocycles. The van der Waals surface area contributed by atoms with Gasteiger partial charge in [-0.3, -0.25) is 9.00 Å². The third kappa shape index (κ3) is 1.80. The lowest BCUT2D eigenvalue weighted by Crippen LogP contribution is -2.53. The lowest BCUT2D eigenvalue weighted by atomic mass is 10.1. The van der Waals surface area contributed by atoms with Crippen molar-refractivity contribution in [3.05, 3.63) is 35.6 Å². The van der Waals surface area contributed by atoms with E-state index in [-0.39, 0.29) is 0 Å². The number of benzene rings is 1. The third-order valence-electron chi connectivity index (χ3n) is 2.57. The van der Waals surface area contributed by atoms with Crippen LogP contribution in [0.5, 0.6) is 0 Å². The molecule has 1 aliphatic heterocycles. The van der Waals surface area contributed by atoms with Crippen LogP contribution in [0.4, 0.5) is 17.6 Å². The van der Waals surface area contributed by atoms with E-state index in [0.29, 0.717) is 0 Å². The molecular weight excluding hydrogens is 274 g/mol. The molecular formula is C10H7F4NO2S. The second kappa shape index (κ2) is 4.04. The molecule has 8 heteroatoms. The van der Waals surface area contributed by atoms with Gasteiger partial charge < -0.3 is 5.32 Å². The van der Waals surface area contributed by atoms with E-state index < -0.39 is 44.9 Å². The Morgan fingerprint density at radius 1 is 1.22 bits per heavy atom. The summed E-state index contributed by atoms with van der Waals surface area (Å²) in [5.74, 6) is -2.39. The van der Waals surface area contributed by atoms with Crippen LogP contribution in [-0.2, 0) is 20.5 Å². The molecule has 1 N–H and O–H groups in total. The van der Waals surface area contributed by atoms with Gasteiger partial charge in [-0.05, 0) is 17.7 Å². The highest BCUT2D eigenvalue weighted by Crippen LogP contribution is 2.44. The lowest BCUT2D eigenvalue weighted by Gasteiger charge is -2.30. The van der Waals surface area contributed by atoms with E-state index in [9.17, 15) is 26.6 Å². The second-order valence-electron chi connectivity index (χ2n) is 3.72. The van der Waals surface area contributed by atoms with Crippen molar-refractivity contribution in [3.8, 4) is 0 Å². The van der Waals surface area contributed by atoms with Crippen LogP contribution in [0.25, 0.3) is 0 Å². The second-order valence-corrected chi connectivity index (χ2v) is 5.32. The summed E-state index contributed by atoms with van der Waals surface area (Å²) < 4.78 is 63.8. The highest BCUT2D eigenvalue weighted by molar-refractivity contribution is 7.87. The molecule has 0 bridgehead atoms. The van der Waals surface area contributed by atoms with Gasteiger partial charge in [0.15, 0.2) is 0 Å². The molecule has 0 radical (unpaired) electrons. The van der Waals surface area contributed by atoms with Crippen LogP contribution in [0.1, 0.15) is 5.56 Å². The van der Waals surface area contributed by atoms with Crippen molar-refractivity contribution in [2.24, 2.45) is 0 Å². The fraction of sp³-hybridized carbons (Fsp3) is 0.300. The minimum absolute atomic E-state index is 0.444. The number of hydrogen-bond acceptors (Lipinski definition) is 2. The van der Waals surface area contributed by atoms with Crippen LogP contribution in [-0.4, -0.2) is 22.0 Å². The van der Waals surface area contributed by atoms with Crippen molar-refractivity contribution in [2.75, 3.05) is 5.75 Å². The molecule has 18 heavy (non-hydrogen) atoms. The zero-order valence-electron chi connectivity index (χ0n) is 8.75. The van der Waals surface area contributed by atoms with E-state index in [1.165, 1.54) is 0 Å². The molecule has 1 amide bonds. The van der Waals surface area contributed by atoms with Crippen molar-refractivity contribution < 1.29 is 26.6 Å². The van der Waals surface area contributed by atoms with Gasteiger partial charge in [0.05, 0.1) is 10.8 Å². The number of hydrogen-bond donors (Lipinski definition) is 1. The quantitative estimate of drug-likeness (QED) is 0.791. The minimum atomic E-state index is -4.93. The molecule has 2 rings (SSSR count). The van der Waals surface area contributed by atoms with E-state index in [1.54, 1.807) is 5.32 Å². The van der Waals surface area contributed by atoms with Gasteiger partial charge in [-0.25, -0.2) is 4.39 Å². The van der Waals surface area contributed by atoms with E-state index in [1.807, 2.05) is 0 Å². The molecule has 0 aliphatic carbocycles. The van der Waals surface area contributed by atoms with Gasteiger partial charge >= 0.3 is 6.18 Å². The Balaban J connectivity index is 2.60. The number of nitrogens with one attached hydrogen (secondary N) is 1. The zero-order valence-corrected chi connectivity index (χ0v) is 9.57. The molecule has 0 aromatic heterocycles. The fourth-order valence-corrected chi connectivity index (χ4v) is 3.18. The Morgan fingerprint density at radius 3 is 2.17 bits per heavy atom. The monoisotopic (exact) mass is 281 g/mol. The standard InChI is InChI=1S/C10H7F4NO2S/c11-7-3-1-6(2-4-7)9(10(12,13)14)15-8(16)5-18(9)17/h1-4H,5H2,(H,15,16). The Labute approximate surface area is 102 Å². The van der Waals surface area contributed by atoms with E-state index in [2.05, 4.69) is 0 Å². The maximum Gasteiger partial charge on any atom is 0.427 e. The molecule has 1 aliphatic rings. The van der Waals surface area contributed by atoms with Crippen molar-refractivity contribution in [1.29, 1.82) is 0 Å². The highest BCUT2D eigenvalue weighted by Gasteiger charge is 2.64. The summed E-state index contributed by atoms with van der Waals surface area (Å²) in [5, 5.41) is 1.71. The molecule has 0 saturated carbocycles. The first-order valence-electron chi connectivity index (χ1n) is 4.79. The smallest absolute Gasteiger partial charge is 0.327 e. The Hall–Kier alpha value is -1.44. The van der Waals surface area contributed by atoms with Gasteiger partial charge in [0.2, 0.25) is 10.8 Å². The SMILES string of the molecule is O=C1CS(=O)C(c2ccc(F)cc2)(C(F)(F)F)N1. The molecule has 3 nitrogen and oxygen atoms in total. The first kappa shape index (κ1) is 13.0. The molecule has 0 spiro atoms. The molecule has 98 valence electrons. The zero-order chi connectivity index (χ0) is 13.6. The molecule has 1 heterocycles. The minimum Gasteiger partial charge on any atom is -0.327 e. The van der Waals surface area contributed by atoms with Crippen LogP contribution in [0.15, 0.2) is 24.3 Å². The van der Waals surface area contributed by atoms with Gasteiger partial charge in [0.1, 0.15) is 11.6 Å². The van der Waals surface area contributed by atoms with Gasteiger partial charge in [0, 0.05) is 0 Å².